The number of rotatable bonds is 13. The number of nitrogens with zero attached hydrogens (tertiary/aromatic N) is 4. The fourth-order valence-electron chi connectivity index (χ4n) is 4.67. The predicted molar refractivity (Wildman–Crippen MR) is 182 cm³/mol. The molecule has 0 bridgehead atoms. The number of amides is 3. The number of nitriles is 1. The maximum absolute atomic E-state index is 12.9. The maximum atomic E-state index is 12.9. The minimum absolute atomic E-state index is 0.0484. The van der Waals surface area contributed by atoms with Crippen LogP contribution in [0.15, 0.2) is 72.8 Å². The molecular formula is C33H26Cl2F3N9O5. The standard InChI is InChI=1S/C33H26Cl2F3N9O5/c34-21-8-6-20(7-9-21)32(12-13-32)47-30-44-29(45-31(46-30)52-17-33(36,37)38)42-22-10-4-19(5-11-22)26(49)43-24(25(35)48)16-40-27(50)28(51)41-23-3-1-2-18(14-23)15-39/h1-11,14,24H,12-13,16-17H2,(H,40,50)(H,41,51)(H,43,49)(H2,42,44,45,46,47)/t24-/m0/s1. The first kappa shape index (κ1) is 37.3. The van der Waals surface area contributed by atoms with Crippen LogP contribution < -0.4 is 31.3 Å². The Morgan fingerprint density at radius 3 is 2.25 bits per heavy atom. The van der Waals surface area contributed by atoms with Crippen molar-refractivity contribution in [2.24, 2.45) is 0 Å². The summed E-state index contributed by atoms with van der Waals surface area (Å²) >= 11 is 11.6. The second-order valence-electron chi connectivity index (χ2n) is 11.3. The zero-order valence-electron chi connectivity index (χ0n) is 26.6. The van der Waals surface area contributed by atoms with Crippen LogP contribution in [-0.2, 0) is 19.9 Å². The van der Waals surface area contributed by atoms with Gasteiger partial charge in [0, 0.05) is 28.5 Å². The largest absolute Gasteiger partial charge is 0.454 e. The van der Waals surface area contributed by atoms with Crippen molar-refractivity contribution < 1.29 is 37.1 Å². The molecule has 0 aliphatic heterocycles. The summed E-state index contributed by atoms with van der Waals surface area (Å²) < 4.78 is 43.6. The van der Waals surface area contributed by atoms with E-state index in [0.29, 0.717) is 23.6 Å². The van der Waals surface area contributed by atoms with Gasteiger partial charge in [-0.25, -0.2) is 0 Å². The van der Waals surface area contributed by atoms with Gasteiger partial charge in [0.15, 0.2) is 6.61 Å². The number of alkyl halides is 3. The van der Waals surface area contributed by atoms with Crippen molar-refractivity contribution in [3.8, 4) is 12.1 Å². The summed E-state index contributed by atoms with van der Waals surface area (Å²) in [6.45, 7) is -2.16. The fraction of sp³-hybridized carbons (Fsp3) is 0.212. The van der Waals surface area contributed by atoms with Crippen molar-refractivity contribution in [3.05, 3.63) is 94.5 Å². The normalized spacial score (nSPS) is 13.5. The van der Waals surface area contributed by atoms with Crippen molar-refractivity contribution >= 4 is 69.4 Å². The zero-order valence-corrected chi connectivity index (χ0v) is 28.1. The van der Waals surface area contributed by atoms with E-state index in [2.05, 4.69) is 41.5 Å². The number of hydrogen-bond donors (Lipinski definition) is 5. The van der Waals surface area contributed by atoms with Crippen molar-refractivity contribution in [1.82, 2.24) is 25.6 Å². The van der Waals surface area contributed by atoms with Gasteiger partial charge in [0.2, 0.25) is 17.1 Å². The topological polar surface area (TPSA) is 200 Å². The van der Waals surface area contributed by atoms with E-state index in [1.807, 2.05) is 18.2 Å². The maximum Gasteiger partial charge on any atom is 0.422 e. The summed E-state index contributed by atoms with van der Waals surface area (Å²) in [4.78, 5) is 61.7. The molecule has 1 aromatic heterocycles. The van der Waals surface area contributed by atoms with Gasteiger partial charge in [-0.05, 0) is 84.6 Å². The minimum Gasteiger partial charge on any atom is -0.454 e. The molecule has 268 valence electrons. The molecule has 1 aliphatic rings. The lowest BCUT2D eigenvalue weighted by molar-refractivity contribution is -0.154. The molecule has 1 fully saturated rings. The number of anilines is 4. The average Bonchev–Trinajstić information content (AvgIpc) is 3.89. The van der Waals surface area contributed by atoms with Crippen LogP contribution in [-0.4, -0.2) is 63.3 Å². The van der Waals surface area contributed by atoms with Crippen LogP contribution in [0.1, 0.15) is 34.3 Å². The van der Waals surface area contributed by atoms with Crippen LogP contribution in [0.2, 0.25) is 5.02 Å². The Labute approximate surface area is 303 Å². The lowest BCUT2D eigenvalue weighted by atomic mass is 10.1. The Kier molecular flexibility index (Phi) is 11.4. The Hall–Kier alpha value is -5.99. The summed E-state index contributed by atoms with van der Waals surface area (Å²) in [6, 6.07) is 18.4. The summed E-state index contributed by atoms with van der Waals surface area (Å²) in [7, 11) is 0. The number of aromatic nitrogens is 3. The van der Waals surface area contributed by atoms with Crippen molar-refractivity contribution in [2.75, 3.05) is 29.1 Å². The molecule has 5 rings (SSSR count). The number of hydrogen-bond acceptors (Lipinski definition) is 11. The van der Waals surface area contributed by atoms with Gasteiger partial charge in [0.05, 0.1) is 17.2 Å². The van der Waals surface area contributed by atoms with Gasteiger partial charge in [-0.3, -0.25) is 19.2 Å². The molecule has 0 unspecified atom stereocenters. The molecule has 0 spiro atoms. The van der Waals surface area contributed by atoms with Gasteiger partial charge in [-0.1, -0.05) is 29.8 Å². The zero-order chi connectivity index (χ0) is 37.5. The molecule has 4 aromatic rings. The highest BCUT2D eigenvalue weighted by Gasteiger charge is 2.45. The second kappa shape index (κ2) is 15.9. The van der Waals surface area contributed by atoms with E-state index in [1.54, 1.807) is 12.1 Å². The number of halogens is 5. The molecule has 3 amide bonds. The highest BCUT2D eigenvalue weighted by atomic mass is 35.5. The van der Waals surface area contributed by atoms with Crippen LogP contribution in [0.25, 0.3) is 0 Å². The molecule has 5 N–H and O–H groups in total. The molecular weight excluding hydrogens is 730 g/mol. The Morgan fingerprint density at radius 2 is 1.62 bits per heavy atom. The first-order valence-corrected chi connectivity index (χ1v) is 15.9. The summed E-state index contributed by atoms with van der Waals surface area (Å²) in [5.74, 6) is -3.18. The number of benzene rings is 3. The quantitative estimate of drug-likeness (QED) is 0.0927. The summed E-state index contributed by atoms with van der Waals surface area (Å²) in [5, 5.41) is 21.4. The Balaban J connectivity index is 1.22. The first-order valence-electron chi connectivity index (χ1n) is 15.2. The van der Waals surface area contributed by atoms with Crippen LogP contribution in [0.4, 0.5) is 36.4 Å². The second-order valence-corrected chi connectivity index (χ2v) is 12.1. The SMILES string of the molecule is N#Cc1cccc(NC(=O)C(=O)NC[C@H](NC(=O)c2ccc(Nc3nc(NC4(c5ccc(Cl)cc5)CC4)nc(OCC(F)(F)F)n3)cc2)C(=O)Cl)c1. The van der Waals surface area contributed by atoms with Gasteiger partial charge < -0.3 is 31.3 Å². The van der Waals surface area contributed by atoms with E-state index in [-0.39, 0.29) is 28.7 Å². The van der Waals surface area contributed by atoms with Gasteiger partial charge in [0.25, 0.3) is 5.91 Å². The molecule has 0 saturated heterocycles. The van der Waals surface area contributed by atoms with Gasteiger partial charge in [0.1, 0.15) is 6.04 Å². The van der Waals surface area contributed by atoms with E-state index in [1.165, 1.54) is 48.5 Å². The third-order valence-electron chi connectivity index (χ3n) is 7.38. The van der Waals surface area contributed by atoms with E-state index in [4.69, 9.17) is 33.2 Å². The van der Waals surface area contributed by atoms with E-state index >= 15 is 0 Å². The third-order valence-corrected chi connectivity index (χ3v) is 7.90. The first-order chi connectivity index (χ1) is 24.7. The van der Waals surface area contributed by atoms with E-state index < -0.39 is 59.9 Å². The van der Waals surface area contributed by atoms with Crippen LogP contribution in [0, 0.1) is 11.3 Å². The van der Waals surface area contributed by atoms with Crippen molar-refractivity contribution in [1.29, 1.82) is 5.26 Å². The number of nitrogens with one attached hydrogen (secondary N) is 5. The lowest BCUT2D eigenvalue weighted by Gasteiger charge is -2.19. The van der Waals surface area contributed by atoms with Gasteiger partial charge >= 0.3 is 24.0 Å². The molecule has 1 heterocycles. The summed E-state index contributed by atoms with van der Waals surface area (Å²) in [5.41, 5.74) is 1.13. The molecule has 14 nitrogen and oxygen atoms in total. The molecule has 3 aromatic carbocycles. The average molecular weight is 757 g/mol. The summed E-state index contributed by atoms with van der Waals surface area (Å²) in [6.07, 6.45) is -3.25. The molecule has 52 heavy (non-hydrogen) atoms. The predicted octanol–water partition coefficient (Wildman–Crippen LogP) is 4.80. The van der Waals surface area contributed by atoms with E-state index in [0.717, 1.165) is 5.56 Å². The van der Waals surface area contributed by atoms with Gasteiger partial charge in [-0.2, -0.15) is 33.4 Å². The monoisotopic (exact) mass is 755 g/mol. The Morgan fingerprint density at radius 1 is 0.923 bits per heavy atom. The van der Waals surface area contributed by atoms with Crippen LogP contribution >= 0.6 is 23.2 Å². The number of ether oxygens (including phenoxy) is 1. The van der Waals surface area contributed by atoms with Crippen molar-refractivity contribution in [2.45, 2.75) is 30.6 Å². The van der Waals surface area contributed by atoms with Crippen molar-refractivity contribution in [3.63, 3.8) is 0 Å². The van der Waals surface area contributed by atoms with E-state index in [9.17, 15) is 32.3 Å². The fourth-order valence-corrected chi connectivity index (χ4v) is 4.92. The number of carbonyl (C=O) groups is 4. The Bertz CT molecular complexity index is 2020. The number of carbonyl (C=O) groups excluding carboxylic acids is 4. The highest BCUT2D eigenvalue weighted by molar-refractivity contribution is 6.65. The minimum atomic E-state index is -4.65. The third kappa shape index (κ3) is 10.3. The molecule has 1 atom stereocenters. The molecule has 19 heteroatoms. The van der Waals surface area contributed by atoms with Gasteiger partial charge in [-0.15, -0.1) is 0 Å². The molecule has 1 aliphatic carbocycles. The molecule has 0 radical (unpaired) electrons. The highest BCUT2D eigenvalue weighted by Crippen LogP contribution is 2.48. The van der Waals surface area contributed by atoms with Crippen LogP contribution in [0.3, 0.4) is 0 Å². The lowest BCUT2D eigenvalue weighted by Crippen LogP contribution is -2.49. The van der Waals surface area contributed by atoms with Crippen LogP contribution in [0.5, 0.6) is 6.01 Å². The molecule has 1 saturated carbocycles. The smallest absolute Gasteiger partial charge is 0.422 e.